The van der Waals surface area contributed by atoms with E-state index in [9.17, 15) is 5.11 Å². The van der Waals surface area contributed by atoms with Crippen LogP contribution in [0.4, 0.5) is 0 Å². The van der Waals surface area contributed by atoms with Crippen molar-refractivity contribution < 1.29 is 9.84 Å². The normalized spacial score (nSPS) is 10.7. The summed E-state index contributed by atoms with van der Waals surface area (Å²) in [4.78, 5) is 0. The molecule has 3 heteroatoms. The highest BCUT2D eigenvalue weighted by atomic mass is 79.9. The minimum atomic E-state index is -0.416. The van der Waals surface area contributed by atoms with Crippen molar-refractivity contribution in [2.75, 3.05) is 6.61 Å². The quantitative estimate of drug-likeness (QED) is 0.820. The van der Waals surface area contributed by atoms with E-state index in [1.807, 2.05) is 62.4 Å². The highest BCUT2D eigenvalue weighted by Crippen LogP contribution is 2.23. The van der Waals surface area contributed by atoms with Crippen LogP contribution in [-0.2, 0) is 6.61 Å². The summed E-state index contributed by atoms with van der Waals surface area (Å²) >= 11 is 3.50. The van der Waals surface area contributed by atoms with Crippen LogP contribution in [0.15, 0.2) is 53.0 Å². The number of aliphatic hydroxyl groups excluding tert-OH is 1. The minimum absolute atomic E-state index is 0.0296. The molecule has 0 saturated carbocycles. The van der Waals surface area contributed by atoms with Crippen LogP contribution < -0.4 is 4.74 Å². The predicted molar refractivity (Wildman–Crippen MR) is 92.7 cm³/mol. The molecular weight excluding hydrogens is 340 g/mol. The molecule has 0 aromatic heterocycles. The Labute approximate surface area is 140 Å². The lowest BCUT2D eigenvalue weighted by Crippen LogP contribution is -2.13. The van der Waals surface area contributed by atoms with Crippen molar-refractivity contribution in [1.82, 2.24) is 0 Å². The van der Waals surface area contributed by atoms with Gasteiger partial charge >= 0.3 is 0 Å². The van der Waals surface area contributed by atoms with Gasteiger partial charge in [0.15, 0.2) is 0 Å². The van der Waals surface area contributed by atoms with Crippen molar-refractivity contribution >= 4 is 15.9 Å². The van der Waals surface area contributed by atoms with E-state index in [1.165, 1.54) is 0 Å². The van der Waals surface area contributed by atoms with E-state index in [0.29, 0.717) is 6.61 Å². The van der Waals surface area contributed by atoms with Crippen molar-refractivity contribution in [3.8, 4) is 17.6 Å². The largest absolute Gasteiger partial charge is 0.489 e. The molecule has 2 aromatic rings. The summed E-state index contributed by atoms with van der Waals surface area (Å²) in [6.45, 7) is 4.37. The molecule has 0 radical (unpaired) electrons. The number of hydrogen-bond acceptors (Lipinski definition) is 2. The number of aliphatic hydroxyl groups is 1. The molecule has 0 fully saturated rings. The third kappa shape index (κ3) is 4.91. The van der Waals surface area contributed by atoms with Gasteiger partial charge in [-0.05, 0) is 53.5 Å². The number of ether oxygens (including phenoxy) is 1. The Balaban J connectivity index is 2.13. The van der Waals surface area contributed by atoms with Crippen LogP contribution in [0.5, 0.6) is 5.75 Å². The fourth-order valence-corrected chi connectivity index (χ4v) is 2.05. The number of rotatable bonds is 4. The van der Waals surface area contributed by atoms with Crippen LogP contribution in [0.1, 0.15) is 25.0 Å². The molecule has 2 aromatic carbocycles. The topological polar surface area (TPSA) is 29.5 Å². The standard InChI is InChI=1S/C19H19BrO2/c1-19(2,14-21)11-10-16-12-17(8-9-18(16)20)22-13-15-6-4-3-5-7-15/h3-9,12,21H,13-14H2,1-2H3. The maximum Gasteiger partial charge on any atom is 0.121 e. The van der Waals surface area contributed by atoms with E-state index >= 15 is 0 Å². The van der Waals surface area contributed by atoms with Gasteiger partial charge in [0.2, 0.25) is 0 Å². The third-order valence-electron chi connectivity index (χ3n) is 3.12. The zero-order valence-corrected chi connectivity index (χ0v) is 14.4. The Morgan fingerprint density at radius 1 is 1.14 bits per heavy atom. The summed E-state index contributed by atoms with van der Waals surface area (Å²) in [6, 6.07) is 15.8. The molecule has 22 heavy (non-hydrogen) atoms. The molecule has 1 N–H and O–H groups in total. The zero-order chi connectivity index (χ0) is 16.0. The molecule has 0 amide bonds. The molecule has 2 rings (SSSR count). The molecular formula is C19H19BrO2. The Bertz CT molecular complexity index is 682. The van der Waals surface area contributed by atoms with Crippen LogP contribution in [0.3, 0.4) is 0 Å². The zero-order valence-electron chi connectivity index (χ0n) is 12.8. The fourth-order valence-electron chi connectivity index (χ4n) is 1.71. The smallest absolute Gasteiger partial charge is 0.121 e. The number of benzene rings is 2. The van der Waals surface area contributed by atoms with Gasteiger partial charge < -0.3 is 9.84 Å². The SMILES string of the molecule is CC(C)(C#Cc1cc(OCc2ccccc2)ccc1Br)CO. The van der Waals surface area contributed by atoms with E-state index in [2.05, 4.69) is 27.8 Å². The van der Waals surface area contributed by atoms with Gasteiger partial charge in [-0.3, -0.25) is 0 Å². The molecule has 0 saturated heterocycles. The summed E-state index contributed by atoms with van der Waals surface area (Å²) in [5, 5.41) is 9.27. The summed E-state index contributed by atoms with van der Waals surface area (Å²) in [6.07, 6.45) is 0. The second kappa shape index (κ2) is 7.49. The lowest BCUT2D eigenvalue weighted by molar-refractivity contribution is 0.206. The molecule has 0 spiro atoms. The second-order valence-electron chi connectivity index (χ2n) is 5.71. The number of hydrogen-bond donors (Lipinski definition) is 1. The van der Waals surface area contributed by atoms with Gasteiger partial charge in [0.1, 0.15) is 12.4 Å². The molecule has 114 valence electrons. The van der Waals surface area contributed by atoms with E-state index in [1.54, 1.807) is 0 Å². The first-order valence-corrected chi connectivity index (χ1v) is 7.90. The molecule has 0 aliphatic heterocycles. The molecule has 0 heterocycles. The van der Waals surface area contributed by atoms with E-state index in [0.717, 1.165) is 21.3 Å². The van der Waals surface area contributed by atoms with Gasteiger partial charge in [-0.25, -0.2) is 0 Å². The van der Waals surface area contributed by atoms with E-state index in [-0.39, 0.29) is 6.61 Å². The van der Waals surface area contributed by atoms with Crippen molar-refractivity contribution in [1.29, 1.82) is 0 Å². The average Bonchev–Trinajstić information content (AvgIpc) is 2.54. The predicted octanol–water partition coefficient (Wildman–Crippen LogP) is 4.40. The lowest BCUT2D eigenvalue weighted by atomic mass is 9.95. The van der Waals surface area contributed by atoms with Gasteiger partial charge in [0.25, 0.3) is 0 Å². The van der Waals surface area contributed by atoms with Gasteiger partial charge in [-0.15, -0.1) is 0 Å². The molecule has 2 nitrogen and oxygen atoms in total. The molecule has 0 bridgehead atoms. The van der Waals surface area contributed by atoms with Gasteiger partial charge in [-0.2, -0.15) is 0 Å². The monoisotopic (exact) mass is 358 g/mol. The van der Waals surface area contributed by atoms with Crippen molar-refractivity contribution in [2.24, 2.45) is 5.41 Å². The average molecular weight is 359 g/mol. The molecule has 0 atom stereocenters. The van der Waals surface area contributed by atoms with Crippen LogP contribution in [0, 0.1) is 17.3 Å². The Hall–Kier alpha value is -1.76. The van der Waals surface area contributed by atoms with Crippen LogP contribution in [0.2, 0.25) is 0 Å². The van der Waals surface area contributed by atoms with E-state index in [4.69, 9.17) is 4.74 Å². The Morgan fingerprint density at radius 3 is 2.55 bits per heavy atom. The maximum atomic E-state index is 9.27. The first-order chi connectivity index (χ1) is 10.5. The maximum absolute atomic E-state index is 9.27. The van der Waals surface area contributed by atoms with Crippen LogP contribution in [-0.4, -0.2) is 11.7 Å². The van der Waals surface area contributed by atoms with Gasteiger partial charge in [0, 0.05) is 15.5 Å². The summed E-state index contributed by atoms with van der Waals surface area (Å²) in [5.74, 6) is 6.96. The number of halogens is 1. The van der Waals surface area contributed by atoms with Gasteiger partial charge in [0.05, 0.1) is 6.61 Å². The fraction of sp³-hybridized carbons (Fsp3) is 0.263. The van der Waals surface area contributed by atoms with Gasteiger partial charge in [-0.1, -0.05) is 42.2 Å². The van der Waals surface area contributed by atoms with Crippen molar-refractivity contribution in [3.05, 3.63) is 64.1 Å². The highest BCUT2D eigenvalue weighted by molar-refractivity contribution is 9.10. The summed E-state index contributed by atoms with van der Waals surface area (Å²) in [7, 11) is 0. The van der Waals surface area contributed by atoms with E-state index < -0.39 is 5.41 Å². The first kappa shape index (κ1) is 16.6. The van der Waals surface area contributed by atoms with Crippen LogP contribution >= 0.6 is 15.9 Å². The Morgan fingerprint density at radius 2 is 1.86 bits per heavy atom. The first-order valence-electron chi connectivity index (χ1n) is 7.10. The molecule has 0 aliphatic carbocycles. The lowest BCUT2D eigenvalue weighted by Gasteiger charge is -2.12. The van der Waals surface area contributed by atoms with Crippen molar-refractivity contribution in [3.63, 3.8) is 0 Å². The second-order valence-corrected chi connectivity index (χ2v) is 6.56. The third-order valence-corrected chi connectivity index (χ3v) is 3.81. The molecule has 0 unspecified atom stereocenters. The highest BCUT2D eigenvalue weighted by Gasteiger charge is 2.12. The Kier molecular flexibility index (Phi) is 5.65. The summed E-state index contributed by atoms with van der Waals surface area (Å²) < 4.78 is 6.73. The molecule has 0 aliphatic rings. The van der Waals surface area contributed by atoms with Crippen molar-refractivity contribution in [2.45, 2.75) is 20.5 Å². The van der Waals surface area contributed by atoms with Crippen LogP contribution in [0.25, 0.3) is 0 Å². The summed E-state index contributed by atoms with van der Waals surface area (Å²) in [5.41, 5.74) is 1.56. The minimum Gasteiger partial charge on any atom is -0.489 e.